The summed E-state index contributed by atoms with van der Waals surface area (Å²) < 4.78 is 5.05. The molecule has 1 aromatic rings. The number of nitrogens with zero attached hydrogens (tertiary/aromatic N) is 4. The minimum atomic E-state index is -0.257. The van der Waals surface area contributed by atoms with E-state index in [0.717, 1.165) is 44.5 Å². The summed E-state index contributed by atoms with van der Waals surface area (Å²) in [5.74, 6) is 0.431. The first-order valence-electron chi connectivity index (χ1n) is 10.3. The number of ether oxygens (including phenoxy) is 1. The topological polar surface area (TPSA) is 87.7 Å². The zero-order chi connectivity index (χ0) is 20.5. The number of aryl methyl sites for hydroxylation is 1. The number of carbonyl (C=O) groups excluding carboxylic acids is 2. The van der Waals surface area contributed by atoms with Gasteiger partial charge in [-0.25, -0.2) is 14.8 Å². The first-order valence-corrected chi connectivity index (χ1v) is 10.3. The Kier molecular flexibility index (Phi) is 8.47. The van der Waals surface area contributed by atoms with Gasteiger partial charge in [0.25, 0.3) is 5.91 Å². The van der Waals surface area contributed by atoms with Crippen LogP contribution in [-0.4, -0.2) is 70.6 Å². The van der Waals surface area contributed by atoms with E-state index in [0.29, 0.717) is 31.3 Å². The monoisotopic (exact) mass is 391 g/mol. The lowest BCUT2D eigenvalue weighted by molar-refractivity contribution is 0.0749. The molecule has 2 amide bonds. The molecule has 0 radical (unpaired) electrons. The van der Waals surface area contributed by atoms with Crippen LogP contribution in [0.15, 0.2) is 6.07 Å². The van der Waals surface area contributed by atoms with E-state index in [9.17, 15) is 9.59 Å². The molecule has 0 saturated carbocycles. The van der Waals surface area contributed by atoms with Crippen molar-refractivity contribution in [1.82, 2.24) is 19.8 Å². The van der Waals surface area contributed by atoms with Gasteiger partial charge in [0.2, 0.25) is 5.95 Å². The van der Waals surface area contributed by atoms with Gasteiger partial charge in [0, 0.05) is 37.9 Å². The van der Waals surface area contributed by atoms with Crippen LogP contribution in [0.2, 0.25) is 0 Å². The summed E-state index contributed by atoms with van der Waals surface area (Å²) in [5.41, 5.74) is 1.19. The van der Waals surface area contributed by atoms with Gasteiger partial charge >= 0.3 is 6.09 Å². The molecule has 1 aliphatic heterocycles. The highest BCUT2D eigenvalue weighted by Gasteiger charge is 2.24. The molecule has 0 unspecified atom stereocenters. The molecule has 1 aliphatic rings. The Morgan fingerprint density at radius 2 is 1.82 bits per heavy atom. The fraction of sp³-hybridized carbons (Fsp3) is 0.700. The van der Waals surface area contributed by atoms with E-state index in [1.54, 1.807) is 11.0 Å². The molecular weight excluding hydrogens is 358 g/mol. The van der Waals surface area contributed by atoms with Crippen LogP contribution in [0.25, 0.3) is 0 Å². The number of carbonyl (C=O) groups is 2. The van der Waals surface area contributed by atoms with Crippen LogP contribution in [0, 0.1) is 6.92 Å². The molecule has 1 fully saturated rings. The van der Waals surface area contributed by atoms with Gasteiger partial charge in [-0.15, -0.1) is 0 Å². The van der Waals surface area contributed by atoms with Crippen LogP contribution in [0.3, 0.4) is 0 Å². The summed E-state index contributed by atoms with van der Waals surface area (Å²) in [6, 6.07) is 1.91. The van der Waals surface area contributed by atoms with Crippen molar-refractivity contribution in [2.45, 2.75) is 59.4 Å². The number of piperidine rings is 1. The van der Waals surface area contributed by atoms with Crippen LogP contribution in [0.1, 0.15) is 62.6 Å². The van der Waals surface area contributed by atoms with Gasteiger partial charge in [0.15, 0.2) is 0 Å². The van der Waals surface area contributed by atoms with Crippen LogP contribution in [-0.2, 0) is 4.74 Å². The molecule has 0 aliphatic carbocycles. The first kappa shape index (κ1) is 21.9. The summed E-state index contributed by atoms with van der Waals surface area (Å²) in [7, 11) is 0. The standard InChI is InChI=1S/C20H33N5O3/c1-5-10-24(11-6-2)18(26)17-14-15(4)21-19(23-17)22-16-8-12-25(13-9-16)20(27)28-7-3/h14,16H,5-13H2,1-4H3,(H,21,22,23). The molecule has 0 aromatic carbocycles. The fourth-order valence-electron chi connectivity index (χ4n) is 3.36. The molecule has 8 nitrogen and oxygen atoms in total. The maximum absolute atomic E-state index is 12.9. The van der Waals surface area contributed by atoms with E-state index in [1.807, 2.05) is 18.7 Å². The Bertz CT molecular complexity index is 653. The number of aromatic nitrogens is 2. The molecule has 1 saturated heterocycles. The second-order valence-electron chi connectivity index (χ2n) is 7.11. The molecule has 2 rings (SSSR count). The Labute approximate surface area is 167 Å². The van der Waals surface area contributed by atoms with Crippen LogP contribution >= 0.6 is 0 Å². The third-order valence-corrected chi connectivity index (χ3v) is 4.70. The third kappa shape index (κ3) is 6.07. The minimum absolute atomic E-state index is 0.0469. The minimum Gasteiger partial charge on any atom is -0.450 e. The van der Waals surface area contributed by atoms with Gasteiger partial charge in [-0.3, -0.25) is 4.79 Å². The summed E-state index contributed by atoms with van der Waals surface area (Å²) >= 11 is 0. The SMILES string of the molecule is CCCN(CCC)C(=O)c1cc(C)nc(NC2CCN(C(=O)OCC)CC2)n1. The van der Waals surface area contributed by atoms with Crippen molar-refractivity contribution in [3.05, 3.63) is 17.5 Å². The van der Waals surface area contributed by atoms with Crippen molar-refractivity contribution in [1.29, 1.82) is 0 Å². The second-order valence-corrected chi connectivity index (χ2v) is 7.11. The molecular formula is C20H33N5O3. The molecule has 1 aromatic heterocycles. The lowest BCUT2D eigenvalue weighted by atomic mass is 10.1. The molecule has 1 N–H and O–H groups in total. The second kappa shape index (κ2) is 10.8. The highest BCUT2D eigenvalue weighted by molar-refractivity contribution is 5.92. The average molecular weight is 392 g/mol. The molecule has 156 valence electrons. The van der Waals surface area contributed by atoms with Crippen molar-refractivity contribution in [3.8, 4) is 0 Å². The van der Waals surface area contributed by atoms with Gasteiger partial charge in [0.1, 0.15) is 5.69 Å². The van der Waals surface area contributed by atoms with Crippen molar-refractivity contribution < 1.29 is 14.3 Å². The number of hydrogen-bond acceptors (Lipinski definition) is 6. The van der Waals surface area contributed by atoms with Gasteiger partial charge in [-0.1, -0.05) is 13.8 Å². The van der Waals surface area contributed by atoms with Gasteiger partial charge in [-0.2, -0.15) is 0 Å². The van der Waals surface area contributed by atoms with Crippen molar-refractivity contribution >= 4 is 17.9 Å². The maximum Gasteiger partial charge on any atom is 0.409 e. The average Bonchev–Trinajstić information content (AvgIpc) is 2.67. The Hall–Kier alpha value is -2.38. The van der Waals surface area contributed by atoms with Crippen molar-refractivity contribution in [3.63, 3.8) is 0 Å². The predicted octanol–water partition coefficient (Wildman–Crippen LogP) is 3.08. The van der Waals surface area contributed by atoms with E-state index >= 15 is 0 Å². The van der Waals surface area contributed by atoms with Gasteiger partial charge in [0.05, 0.1) is 6.61 Å². The number of rotatable bonds is 8. The predicted molar refractivity (Wildman–Crippen MR) is 108 cm³/mol. The third-order valence-electron chi connectivity index (χ3n) is 4.70. The van der Waals surface area contributed by atoms with E-state index < -0.39 is 0 Å². The number of likely N-dealkylation sites (tertiary alicyclic amines) is 1. The zero-order valence-electron chi connectivity index (χ0n) is 17.5. The summed E-state index contributed by atoms with van der Waals surface area (Å²) in [6.45, 7) is 10.9. The van der Waals surface area contributed by atoms with Crippen LogP contribution in [0.4, 0.5) is 10.7 Å². The summed E-state index contributed by atoms with van der Waals surface area (Å²) in [6.07, 6.45) is 3.15. The van der Waals surface area contributed by atoms with E-state index in [1.165, 1.54) is 0 Å². The Morgan fingerprint density at radius 1 is 1.18 bits per heavy atom. The normalized spacial score (nSPS) is 14.6. The maximum atomic E-state index is 12.9. The summed E-state index contributed by atoms with van der Waals surface area (Å²) in [4.78, 5) is 37.2. The highest BCUT2D eigenvalue weighted by atomic mass is 16.6. The van der Waals surface area contributed by atoms with Crippen molar-refractivity contribution in [2.24, 2.45) is 0 Å². The molecule has 0 atom stereocenters. The number of hydrogen-bond donors (Lipinski definition) is 1. The lowest BCUT2D eigenvalue weighted by Crippen LogP contribution is -2.43. The molecule has 2 heterocycles. The number of anilines is 1. The molecule has 8 heteroatoms. The van der Waals surface area contributed by atoms with E-state index in [2.05, 4.69) is 29.1 Å². The van der Waals surface area contributed by atoms with E-state index in [4.69, 9.17) is 4.74 Å². The lowest BCUT2D eigenvalue weighted by Gasteiger charge is -2.31. The zero-order valence-corrected chi connectivity index (χ0v) is 17.5. The van der Waals surface area contributed by atoms with Crippen LogP contribution < -0.4 is 5.32 Å². The van der Waals surface area contributed by atoms with Gasteiger partial charge < -0.3 is 19.9 Å². The quantitative estimate of drug-likeness (QED) is 0.733. The first-order chi connectivity index (χ1) is 13.5. The molecule has 28 heavy (non-hydrogen) atoms. The van der Waals surface area contributed by atoms with Gasteiger partial charge in [-0.05, 0) is 45.6 Å². The van der Waals surface area contributed by atoms with E-state index in [-0.39, 0.29) is 18.0 Å². The highest BCUT2D eigenvalue weighted by Crippen LogP contribution is 2.16. The molecule has 0 spiro atoms. The number of nitrogens with one attached hydrogen (secondary N) is 1. The number of amides is 2. The largest absolute Gasteiger partial charge is 0.450 e. The Balaban J connectivity index is 2.01. The van der Waals surface area contributed by atoms with Crippen molar-refractivity contribution in [2.75, 3.05) is 38.1 Å². The fourth-order valence-corrected chi connectivity index (χ4v) is 3.36. The van der Waals surface area contributed by atoms with Crippen LogP contribution in [0.5, 0.6) is 0 Å². The Morgan fingerprint density at radius 3 is 2.39 bits per heavy atom. The summed E-state index contributed by atoms with van der Waals surface area (Å²) in [5, 5.41) is 3.34. The smallest absolute Gasteiger partial charge is 0.409 e. The molecule has 0 bridgehead atoms.